The van der Waals surface area contributed by atoms with Crippen LogP contribution >= 0.6 is 36.4 Å². The van der Waals surface area contributed by atoms with E-state index < -0.39 is 0 Å². The van der Waals surface area contributed by atoms with E-state index in [0.717, 1.165) is 42.4 Å². The molecule has 0 heterocycles. The first-order chi connectivity index (χ1) is 11.5. The van der Waals surface area contributed by atoms with E-state index >= 15 is 0 Å². The molecule has 3 nitrogen and oxygen atoms in total. The summed E-state index contributed by atoms with van der Waals surface area (Å²) >= 11 is 6.10. The quantitative estimate of drug-likeness (QED) is 0.523. The van der Waals surface area contributed by atoms with Crippen LogP contribution in [0.5, 0.6) is 5.75 Å². The normalized spacial score (nSPS) is 10.4. The topological polar surface area (TPSA) is 15.7 Å². The van der Waals surface area contributed by atoms with Crippen LogP contribution in [0.1, 0.15) is 17.5 Å². The fraction of sp³-hybridized carbons (Fsp3) is 0.400. The van der Waals surface area contributed by atoms with Crippen molar-refractivity contribution in [2.24, 2.45) is 0 Å². The van der Waals surface area contributed by atoms with Crippen LogP contribution in [0.4, 0.5) is 0 Å². The highest BCUT2D eigenvalue weighted by Crippen LogP contribution is 2.24. The van der Waals surface area contributed by atoms with Crippen LogP contribution in [0.15, 0.2) is 48.5 Å². The van der Waals surface area contributed by atoms with Gasteiger partial charge in [0.05, 0.1) is 6.61 Å². The Morgan fingerprint density at radius 1 is 0.923 bits per heavy atom. The summed E-state index contributed by atoms with van der Waals surface area (Å²) < 4.78 is 5.98. The maximum atomic E-state index is 6.10. The lowest BCUT2D eigenvalue weighted by Gasteiger charge is -2.18. The molecule has 0 bridgehead atoms. The van der Waals surface area contributed by atoms with Gasteiger partial charge in [0, 0.05) is 30.2 Å². The summed E-state index contributed by atoms with van der Waals surface area (Å²) in [6.45, 7) is 3.50. The summed E-state index contributed by atoms with van der Waals surface area (Å²) in [5.41, 5.74) is 2.47. The first-order valence-electron chi connectivity index (χ1n) is 8.33. The predicted octanol–water partition coefficient (Wildman–Crippen LogP) is 5.15. The predicted molar refractivity (Wildman–Crippen MR) is 116 cm³/mol. The molecule has 2 rings (SSSR count). The van der Waals surface area contributed by atoms with E-state index in [2.05, 4.69) is 47.2 Å². The summed E-state index contributed by atoms with van der Waals surface area (Å²) in [4.78, 5) is 4.44. The van der Waals surface area contributed by atoms with Crippen LogP contribution in [-0.4, -0.2) is 44.1 Å². The molecule has 0 N–H and O–H groups in total. The number of halogens is 3. The van der Waals surface area contributed by atoms with E-state index in [4.69, 9.17) is 16.3 Å². The summed E-state index contributed by atoms with van der Waals surface area (Å²) in [5, 5.41) is 0.752. The zero-order valence-electron chi connectivity index (χ0n) is 15.7. The molecule has 0 aliphatic carbocycles. The third-order valence-electron chi connectivity index (χ3n) is 3.75. The van der Waals surface area contributed by atoms with Crippen molar-refractivity contribution in [2.75, 3.05) is 34.3 Å². The van der Waals surface area contributed by atoms with Gasteiger partial charge in [-0.1, -0.05) is 41.9 Å². The number of rotatable bonds is 9. The number of nitrogens with zero attached hydrogens (tertiary/aromatic N) is 2. The zero-order chi connectivity index (χ0) is 17.4. The largest absolute Gasteiger partial charge is 0.493 e. The second-order valence-electron chi connectivity index (χ2n) is 6.42. The molecule has 146 valence electrons. The molecule has 26 heavy (non-hydrogen) atoms. The fourth-order valence-corrected chi connectivity index (χ4v) is 2.84. The minimum Gasteiger partial charge on any atom is -0.493 e. The molecule has 0 saturated carbocycles. The van der Waals surface area contributed by atoms with Gasteiger partial charge in [-0.25, -0.2) is 0 Å². The van der Waals surface area contributed by atoms with Gasteiger partial charge >= 0.3 is 0 Å². The van der Waals surface area contributed by atoms with Crippen LogP contribution in [0, 0.1) is 0 Å². The van der Waals surface area contributed by atoms with Gasteiger partial charge in [0.1, 0.15) is 5.75 Å². The third kappa shape index (κ3) is 9.11. The monoisotopic (exact) mass is 418 g/mol. The van der Waals surface area contributed by atoms with E-state index in [-0.39, 0.29) is 24.8 Å². The van der Waals surface area contributed by atoms with Crippen molar-refractivity contribution in [1.82, 2.24) is 9.80 Å². The molecule has 0 atom stereocenters. The van der Waals surface area contributed by atoms with Crippen LogP contribution in [0.3, 0.4) is 0 Å². The summed E-state index contributed by atoms with van der Waals surface area (Å²) in [6, 6.07) is 16.4. The van der Waals surface area contributed by atoms with Crippen LogP contribution < -0.4 is 4.74 Å². The Balaban J connectivity index is 0.00000312. The zero-order valence-corrected chi connectivity index (χ0v) is 18.0. The molecule has 2 aromatic carbocycles. The van der Waals surface area contributed by atoms with Gasteiger partial charge < -0.3 is 14.5 Å². The molecule has 0 aromatic heterocycles. The Hall–Kier alpha value is -0.970. The summed E-state index contributed by atoms with van der Waals surface area (Å²) in [6.07, 6.45) is 0.993. The Labute approximate surface area is 175 Å². The van der Waals surface area contributed by atoms with Gasteiger partial charge in [0.2, 0.25) is 0 Å². The highest BCUT2D eigenvalue weighted by molar-refractivity contribution is 6.30. The SMILES string of the molecule is CN(C)Cc1cc(Cl)ccc1OCCCN(C)Cc1ccccc1.Cl.Cl. The van der Waals surface area contributed by atoms with Gasteiger partial charge in [0.25, 0.3) is 0 Å². The van der Waals surface area contributed by atoms with Gasteiger partial charge in [0.15, 0.2) is 0 Å². The molecule has 0 spiro atoms. The lowest BCUT2D eigenvalue weighted by atomic mass is 10.2. The lowest BCUT2D eigenvalue weighted by molar-refractivity contribution is 0.255. The molecule has 0 amide bonds. The first-order valence-corrected chi connectivity index (χ1v) is 8.71. The molecule has 0 fully saturated rings. The highest BCUT2D eigenvalue weighted by Gasteiger charge is 2.07. The van der Waals surface area contributed by atoms with Crippen LogP contribution in [0.2, 0.25) is 5.02 Å². The molecular weight excluding hydrogens is 391 g/mol. The van der Waals surface area contributed by atoms with Crippen molar-refractivity contribution in [3.63, 3.8) is 0 Å². The smallest absolute Gasteiger partial charge is 0.123 e. The van der Waals surface area contributed by atoms with Crippen molar-refractivity contribution in [3.05, 3.63) is 64.7 Å². The molecular formula is C20H29Cl3N2O. The van der Waals surface area contributed by atoms with Crippen molar-refractivity contribution >= 4 is 36.4 Å². The van der Waals surface area contributed by atoms with Crippen LogP contribution in [0.25, 0.3) is 0 Å². The van der Waals surface area contributed by atoms with Crippen LogP contribution in [-0.2, 0) is 13.1 Å². The standard InChI is InChI=1S/C20H27ClN2O.2ClH/c1-22(2)16-18-14-19(21)10-11-20(18)24-13-7-12-23(3)15-17-8-5-4-6-9-17;;/h4-6,8-11,14H,7,12-13,15-16H2,1-3H3;2*1H. The van der Waals surface area contributed by atoms with E-state index in [1.54, 1.807) is 0 Å². The van der Waals surface area contributed by atoms with Gasteiger partial charge in [-0.15, -0.1) is 24.8 Å². The molecule has 0 aliphatic heterocycles. The number of benzene rings is 2. The summed E-state index contributed by atoms with van der Waals surface area (Å²) in [5.74, 6) is 0.929. The van der Waals surface area contributed by atoms with Crippen molar-refractivity contribution in [2.45, 2.75) is 19.5 Å². The Morgan fingerprint density at radius 2 is 1.62 bits per heavy atom. The third-order valence-corrected chi connectivity index (χ3v) is 3.98. The number of ether oxygens (including phenoxy) is 1. The average Bonchev–Trinajstić information content (AvgIpc) is 2.53. The Bertz CT molecular complexity index is 624. The van der Waals surface area contributed by atoms with Crippen molar-refractivity contribution < 1.29 is 4.74 Å². The van der Waals surface area contributed by atoms with Crippen molar-refractivity contribution in [1.29, 1.82) is 0 Å². The van der Waals surface area contributed by atoms with Gasteiger partial charge in [-0.05, 0) is 51.3 Å². The molecule has 0 radical (unpaired) electrons. The minimum atomic E-state index is 0. The van der Waals surface area contributed by atoms with E-state index in [1.165, 1.54) is 5.56 Å². The molecule has 6 heteroatoms. The summed E-state index contributed by atoms with van der Waals surface area (Å²) in [7, 11) is 6.24. The average molecular weight is 420 g/mol. The Morgan fingerprint density at radius 3 is 2.27 bits per heavy atom. The number of hydrogen-bond acceptors (Lipinski definition) is 3. The minimum absolute atomic E-state index is 0. The second kappa shape index (κ2) is 13.2. The van der Waals surface area contributed by atoms with E-state index in [0.29, 0.717) is 6.61 Å². The van der Waals surface area contributed by atoms with Gasteiger partial charge in [-0.3, -0.25) is 0 Å². The first kappa shape index (κ1) is 25.0. The van der Waals surface area contributed by atoms with E-state index in [1.807, 2.05) is 32.3 Å². The van der Waals surface area contributed by atoms with Gasteiger partial charge in [-0.2, -0.15) is 0 Å². The molecule has 0 aliphatic rings. The number of hydrogen-bond donors (Lipinski definition) is 0. The lowest BCUT2D eigenvalue weighted by Crippen LogP contribution is -2.21. The van der Waals surface area contributed by atoms with Crippen molar-refractivity contribution in [3.8, 4) is 5.75 Å². The molecule has 0 unspecified atom stereocenters. The Kier molecular flexibility index (Phi) is 12.7. The highest BCUT2D eigenvalue weighted by atomic mass is 35.5. The molecule has 0 saturated heterocycles. The second-order valence-corrected chi connectivity index (χ2v) is 6.85. The fourth-order valence-electron chi connectivity index (χ4n) is 2.64. The maximum absolute atomic E-state index is 6.10. The maximum Gasteiger partial charge on any atom is 0.123 e. The van der Waals surface area contributed by atoms with E-state index in [9.17, 15) is 0 Å². The molecule has 2 aromatic rings.